The molecule has 1 aromatic heterocycles. The minimum Gasteiger partial charge on any atom is -0.340 e. The molecule has 146 valence electrons. The highest BCUT2D eigenvalue weighted by molar-refractivity contribution is 8.02. The highest BCUT2D eigenvalue weighted by Gasteiger charge is 2.21. The number of aromatic nitrogens is 2. The fourth-order valence-electron chi connectivity index (χ4n) is 2.76. The number of benzene rings is 2. The summed E-state index contributed by atoms with van der Waals surface area (Å²) in [5.41, 5.74) is 4.56. The molecule has 0 fully saturated rings. The van der Waals surface area contributed by atoms with Crippen molar-refractivity contribution >= 4 is 39.8 Å². The van der Waals surface area contributed by atoms with E-state index in [4.69, 9.17) is 0 Å². The molecule has 0 saturated carbocycles. The summed E-state index contributed by atoms with van der Waals surface area (Å²) in [6.45, 7) is 6.67. The number of anilines is 2. The van der Waals surface area contributed by atoms with Gasteiger partial charge >= 0.3 is 0 Å². The number of nitrogens with one attached hydrogen (secondary N) is 1. The number of rotatable bonds is 7. The van der Waals surface area contributed by atoms with Crippen molar-refractivity contribution in [1.29, 1.82) is 0 Å². The third-order valence-corrected chi connectivity index (χ3v) is 6.53. The molecule has 3 aromatic rings. The molecule has 0 saturated heterocycles. The Morgan fingerprint density at radius 3 is 2.64 bits per heavy atom. The van der Waals surface area contributed by atoms with E-state index in [-0.39, 0.29) is 11.2 Å². The Hall–Kier alpha value is -2.38. The summed E-state index contributed by atoms with van der Waals surface area (Å²) >= 11 is 2.91. The van der Waals surface area contributed by atoms with Crippen LogP contribution in [0.4, 0.5) is 10.8 Å². The molecule has 0 aliphatic rings. The van der Waals surface area contributed by atoms with Crippen molar-refractivity contribution in [2.45, 2.75) is 36.9 Å². The van der Waals surface area contributed by atoms with Crippen LogP contribution in [0.5, 0.6) is 0 Å². The van der Waals surface area contributed by atoms with Gasteiger partial charge in [-0.3, -0.25) is 4.79 Å². The van der Waals surface area contributed by atoms with E-state index in [2.05, 4.69) is 35.4 Å². The van der Waals surface area contributed by atoms with E-state index < -0.39 is 0 Å². The van der Waals surface area contributed by atoms with E-state index in [0.29, 0.717) is 6.54 Å². The first-order valence-corrected chi connectivity index (χ1v) is 10.8. The summed E-state index contributed by atoms with van der Waals surface area (Å²) in [5, 5.41) is 12.3. The Morgan fingerprint density at radius 1 is 1.14 bits per heavy atom. The van der Waals surface area contributed by atoms with Gasteiger partial charge in [0.25, 0.3) is 0 Å². The van der Waals surface area contributed by atoms with Gasteiger partial charge in [0.2, 0.25) is 11.0 Å². The van der Waals surface area contributed by atoms with Gasteiger partial charge in [-0.15, -0.1) is 10.2 Å². The van der Waals surface area contributed by atoms with Gasteiger partial charge in [0.1, 0.15) is 0 Å². The molecule has 1 N–H and O–H groups in total. The summed E-state index contributed by atoms with van der Waals surface area (Å²) in [5.74, 6) is 0.0769. The van der Waals surface area contributed by atoms with E-state index in [9.17, 15) is 4.79 Å². The smallest absolute Gasteiger partial charge is 0.235 e. The first kappa shape index (κ1) is 20.4. The zero-order valence-corrected chi connectivity index (χ0v) is 18.1. The second-order valence-electron chi connectivity index (χ2n) is 6.69. The van der Waals surface area contributed by atoms with Crippen LogP contribution in [0.2, 0.25) is 0 Å². The third kappa shape index (κ3) is 5.11. The Morgan fingerprint density at radius 2 is 1.89 bits per heavy atom. The van der Waals surface area contributed by atoms with Gasteiger partial charge < -0.3 is 10.2 Å². The van der Waals surface area contributed by atoms with Crippen LogP contribution >= 0.6 is 23.1 Å². The van der Waals surface area contributed by atoms with Crippen molar-refractivity contribution in [1.82, 2.24) is 15.1 Å². The Kier molecular flexibility index (Phi) is 6.70. The van der Waals surface area contributed by atoms with Crippen molar-refractivity contribution in [3.05, 3.63) is 65.2 Å². The molecule has 0 radical (unpaired) electrons. The minimum absolute atomic E-state index is 0.0769. The van der Waals surface area contributed by atoms with Crippen LogP contribution in [0.25, 0.3) is 0 Å². The van der Waals surface area contributed by atoms with Gasteiger partial charge in [-0.25, -0.2) is 0 Å². The molecule has 0 aliphatic carbocycles. The maximum Gasteiger partial charge on any atom is 0.235 e. The summed E-state index contributed by atoms with van der Waals surface area (Å²) in [6, 6.07) is 16.1. The van der Waals surface area contributed by atoms with Crippen molar-refractivity contribution in [3.63, 3.8) is 0 Å². The van der Waals surface area contributed by atoms with Gasteiger partial charge in [0.15, 0.2) is 4.34 Å². The Balaban J connectivity index is 1.59. The van der Waals surface area contributed by atoms with Crippen LogP contribution in [-0.2, 0) is 11.3 Å². The minimum atomic E-state index is -0.227. The lowest BCUT2D eigenvalue weighted by molar-refractivity contribution is -0.129. The summed E-state index contributed by atoms with van der Waals surface area (Å²) in [4.78, 5) is 14.4. The lowest BCUT2D eigenvalue weighted by Gasteiger charge is -2.20. The van der Waals surface area contributed by atoms with Gasteiger partial charge in [-0.2, -0.15) is 0 Å². The van der Waals surface area contributed by atoms with Crippen molar-refractivity contribution < 1.29 is 4.79 Å². The van der Waals surface area contributed by atoms with Gasteiger partial charge in [0.05, 0.1) is 5.25 Å². The van der Waals surface area contributed by atoms with E-state index in [0.717, 1.165) is 20.7 Å². The molecule has 0 spiro atoms. The number of thioether (sulfide) groups is 1. The number of hydrogen-bond donors (Lipinski definition) is 1. The van der Waals surface area contributed by atoms with Crippen LogP contribution in [0.15, 0.2) is 52.9 Å². The number of carbonyl (C=O) groups is 1. The molecule has 1 amide bonds. The maximum absolute atomic E-state index is 12.7. The molecule has 28 heavy (non-hydrogen) atoms. The first-order valence-electron chi connectivity index (χ1n) is 9.06. The molecule has 3 rings (SSSR count). The number of nitrogens with zero attached hydrogens (tertiary/aromatic N) is 3. The summed E-state index contributed by atoms with van der Waals surface area (Å²) < 4.78 is 0.779. The molecule has 5 nitrogen and oxygen atoms in total. The Bertz CT molecular complexity index is 943. The predicted molar refractivity (Wildman–Crippen MR) is 117 cm³/mol. The van der Waals surface area contributed by atoms with Gasteiger partial charge in [0, 0.05) is 19.3 Å². The van der Waals surface area contributed by atoms with Crippen molar-refractivity contribution in [2.24, 2.45) is 0 Å². The molecule has 0 aliphatic heterocycles. The number of amides is 1. The monoisotopic (exact) mass is 412 g/mol. The zero-order chi connectivity index (χ0) is 20.1. The molecule has 0 unspecified atom stereocenters. The quantitative estimate of drug-likeness (QED) is 0.551. The molecule has 2 aromatic carbocycles. The second kappa shape index (κ2) is 9.21. The number of hydrogen-bond acceptors (Lipinski definition) is 6. The van der Waals surface area contributed by atoms with E-state index in [1.807, 2.05) is 56.4 Å². The fraction of sp³-hybridized carbons (Fsp3) is 0.286. The standard InChI is InChI=1S/C21H24N4OS2/c1-14-9-8-12-18(15(14)2)22-20-23-24-21(28-20)27-16(3)19(26)25(4)13-17-10-6-5-7-11-17/h5-12,16H,13H2,1-4H3,(H,22,23)/t16-/m0/s1. The molecular formula is C21H24N4OS2. The second-order valence-corrected chi connectivity index (χ2v) is 9.25. The van der Waals surface area contributed by atoms with E-state index in [1.54, 1.807) is 4.90 Å². The molecular weight excluding hydrogens is 388 g/mol. The van der Waals surface area contributed by atoms with Crippen molar-refractivity contribution in [3.8, 4) is 0 Å². The SMILES string of the molecule is Cc1cccc(Nc2nnc(S[C@@H](C)C(=O)N(C)Cc3ccccc3)s2)c1C. The third-order valence-electron chi connectivity index (χ3n) is 4.52. The Labute approximate surface area is 174 Å². The van der Waals surface area contributed by atoms with E-state index in [1.165, 1.54) is 34.2 Å². The summed E-state index contributed by atoms with van der Waals surface area (Å²) in [6.07, 6.45) is 0. The number of carbonyl (C=O) groups excluding carboxylic acids is 1. The van der Waals surface area contributed by atoms with Crippen LogP contribution in [0.1, 0.15) is 23.6 Å². The van der Waals surface area contributed by atoms with Gasteiger partial charge in [-0.05, 0) is 43.5 Å². The summed E-state index contributed by atoms with van der Waals surface area (Å²) in [7, 11) is 1.83. The largest absolute Gasteiger partial charge is 0.340 e. The maximum atomic E-state index is 12.7. The average Bonchev–Trinajstić information content (AvgIpc) is 3.12. The lowest BCUT2D eigenvalue weighted by Crippen LogP contribution is -2.32. The van der Waals surface area contributed by atoms with Crippen LogP contribution in [0, 0.1) is 13.8 Å². The first-order chi connectivity index (χ1) is 13.4. The van der Waals surface area contributed by atoms with Crippen LogP contribution < -0.4 is 5.32 Å². The number of aryl methyl sites for hydroxylation is 1. The zero-order valence-electron chi connectivity index (χ0n) is 16.5. The van der Waals surface area contributed by atoms with Gasteiger partial charge in [-0.1, -0.05) is 65.6 Å². The fourth-order valence-corrected chi connectivity index (χ4v) is 4.78. The highest BCUT2D eigenvalue weighted by atomic mass is 32.2. The van der Waals surface area contributed by atoms with E-state index >= 15 is 0 Å². The lowest BCUT2D eigenvalue weighted by atomic mass is 10.1. The normalized spacial score (nSPS) is 11.9. The van der Waals surface area contributed by atoms with Crippen molar-refractivity contribution in [2.75, 3.05) is 12.4 Å². The topological polar surface area (TPSA) is 58.1 Å². The molecule has 7 heteroatoms. The molecule has 0 bridgehead atoms. The van der Waals surface area contributed by atoms with Crippen LogP contribution in [-0.4, -0.2) is 33.3 Å². The van der Waals surface area contributed by atoms with Crippen LogP contribution in [0.3, 0.4) is 0 Å². The molecule has 1 heterocycles. The average molecular weight is 413 g/mol. The molecule has 1 atom stereocenters. The predicted octanol–water partition coefficient (Wildman–Crippen LogP) is 5.04. The highest BCUT2D eigenvalue weighted by Crippen LogP contribution is 2.32.